The molecule has 0 saturated carbocycles. The van der Waals surface area contributed by atoms with Crippen LogP contribution in [0.5, 0.6) is 0 Å². The van der Waals surface area contributed by atoms with E-state index in [4.69, 9.17) is 0 Å². The Balaban J connectivity index is -0.000000171. The molecular formula is C51H100Cl2F8K2N4O7S2-2. The zero-order valence-corrected chi connectivity index (χ0v) is 57.6. The molecule has 2 fully saturated rings. The van der Waals surface area contributed by atoms with Gasteiger partial charge in [-0.05, 0) is 53.9 Å². The Bertz CT molecular complexity index is 1380. The fraction of sp³-hybridized carbons (Fsp3) is 0.980. The van der Waals surface area contributed by atoms with Crippen molar-refractivity contribution in [1.82, 2.24) is 19.6 Å². The van der Waals surface area contributed by atoms with Crippen LogP contribution in [0.25, 0.3) is 0 Å². The first-order valence-electron chi connectivity index (χ1n) is 27.3. The summed E-state index contributed by atoms with van der Waals surface area (Å²) >= 11 is 0. The van der Waals surface area contributed by atoms with Gasteiger partial charge in [0.25, 0.3) is 0 Å². The zero-order chi connectivity index (χ0) is 55.3. The summed E-state index contributed by atoms with van der Waals surface area (Å²) in [4.78, 5) is 19.5. The number of unbranched alkanes of at least 4 members (excludes halogenated alkanes) is 30. The van der Waals surface area contributed by atoms with E-state index in [2.05, 4.69) is 47.5 Å². The van der Waals surface area contributed by atoms with E-state index in [1.807, 2.05) is 0 Å². The molecule has 2 rings (SSSR count). The number of rotatable bonds is 38. The van der Waals surface area contributed by atoms with Gasteiger partial charge in [-0.15, -0.1) is 0 Å². The number of alkyl halides is 8. The Morgan fingerprint density at radius 2 is 0.592 bits per heavy atom. The Labute approximate surface area is 555 Å². The van der Waals surface area contributed by atoms with Crippen molar-refractivity contribution < 1.29 is 193 Å². The van der Waals surface area contributed by atoms with Crippen molar-refractivity contribution in [1.29, 1.82) is 0 Å². The van der Waals surface area contributed by atoms with Crippen molar-refractivity contribution in [3.05, 3.63) is 0 Å². The number of hydrogen-bond donors (Lipinski definition) is 0. The molecule has 2 heterocycles. The van der Waals surface area contributed by atoms with Crippen LogP contribution in [0.15, 0.2) is 0 Å². The van der Waals surface area contributed by atoms with Crippen LogP contribution in [0.3, 0.4) is 0 Å². The Hall–Kier alpha value is 2.62. The fourth-order valence-electron chi connectivity index (χ4n) is 7.94. The Morgan fingerprint density at radius 3 is 0.711 bits per heavy atom. The maximum atomic E-state index is 11.4. The van der Waals surface area contributed by atoms with Crippen molar-refractivity contribution in [3.8, 4) is 0 Å². The third kappa shape index (κ3) is 58.4. The summed E-state index contributed by atoms with van der Waals surface area (Å²) in [6.07, 6.45) is 37.8. The van der Waals surface area contributed by atoms with Crippen LogP contribution in [-0.2, 0) is 25.0 Å². The van der Waals surface area contributed by atoms with Gasteiger partial charge in [0, 0.05) is 26.2 Å². The van der Waals surface area contributed by atoms with Gasteiger partial charge in [0.05, 0.1) is 13.3 Å². The van der Waals surface area contributed by atoms with Gasteiger partial charge in [-0.2, -0.15) is 17.6 Å². The Kier molecular flexibility index (Phi) is 72.1. The van der Waals surface area contributed by atoms with Crippen molar-refractivity contribution >= 4 is 26.0 Å². The molecule has 2 saturated heterocycles. The number of ketones is 1. The molecule has 0 aromatic heterocycles. The van der Waals surface area contributed by atoms with Crippen molar-refractivity contribution in [2.24, 2.45) is 0 Å². The van der Waals surface area contributed by atoms with E-state index in [-0.39, 0.29) is 133 Å². The van der Waals surface area contributed by atoms with Crippen molar-refractivity contribution in [2.75, 3.05) is 66.7 Å². The van der Waals surface area contributed by atoms with E-state index in [0.29, 0.717) is 0 Å². The molecule has 76 heavy (non-hydrogen) atoms. The second-order valence-corrected chi connectivity index (χ2v) is 22.7. The van der Waals surface area contributed by atoms with Crippen LogP contribution in [0.2, 0.25) is 0 Å². The van der Waals surface area contributed by atoms with Gasteiger partial charge in [-0.25, -0.2) is 34.4 Å². The van der Waals surface area contributed by atoms with Crippen LogP contribution in [0.4, 0.5) is 35.1 Å². The second-order valence-electron chi connectivity index (χ2n) is 19.8. The summed E-state index contributed by atoms with van der Waals surface area (Å²) in [5, 5.41) is -11.0. The monoisotopic (exact) mass is 1240 g/mol. The first-order valence-corrected chi connectivity index (χ1v) is 30.1. The number of likely N-dealkylation sites (N-methyl/N-ethyl adjacent to an activating group) is 2. The van der Waals surface area contributed by atoms with E-state index >= 15 is 0 Å². The molecule has 0 bridgehead atoms. The van der Waals surface area contributed by atoms with Gasteiger partial charge in [-0.1, -0.05) is 206 Å². The van der Waals surface area contributed by atoms with Gasteiger partial charge in [0.1, 0.15) is 5.78 Å². The molecule has 2 aliphatic heterocycles. The second kappa shape index (κ2) is 59.4. The smallest absolute Gasteiger partial charge is 1.00 e. The molecule has 25 heteroatoms. The Morgan fingerprint density at radius 1 is 0.421 bits per heavy atom. The summed E-state index contributed by atoms with van der Waals surface area (Å²) in [6, 6.07) is 0. The first kappa shape index (κ1) is 92.3. The maximum absolute atomic E-state index is 11.4. The van der Waals surface area contributed by atoms with Crippen LogP contribution in [0.1, 0.15) is 233 Å². The molecule has 0 spiro atoms. The molecule has 2 aliphatic rings. The normalized spacial score (nSPS) is 14.3. The quantitative estimate of drug-likeness (QED) is 0.0389. The van der Waals surface area contributed by atoms with Crippen LogP contribution < -0.4 is 128 Å². The van der Waals surface area contributed by atoms with Crippen LogP contribution >= 0.6 is 0 Å². The van der Waals surface area contributed by atoms with Gasteiger partial charge >= 0.3 is 126 Å². The largest absolute Gasteiger partial charge is 1.00 e. The average molecular weight is 1250 g/mol. The van der Waals surface area contributed by atoms with Gasteiger partial charge in [0.2, 0.25) is 0 Å². The minimum atomic E-state index is -6.23. The predicted molar refractivity (Wildman–Crippen MR) is 275 cm³/mol. The van der Waals surface area contributed by atoms with Crippen LogP contribution in [0, 0.1) is 0 Å². The molecule has 0 aromatic rings. The summed E-state index contributed by atoms with van der Waals surface area (Å²) in [5.74, 6) is 0.167. The first-order chi connectivity index (χ1) is 33.8. The molecule has 452 valence electrons. The molecule has 0 atom stereocenters. The van der Waals surface area contributed by atoms with E-state index < -0.39 is 43.6 Å². The topological polar surface area (TPSA) is 144 Å². The zero-order valence-electron chi connectivity index (χ0n) is 48.2. The molecule has 0 aliphatic carbocycles. The fourth-order valence-corrected chi connectivity index (χ4v) is 8.38. The SMILES string of the molecule is CC(C)=O.CCCCCCCCCCCCCCCCCCN1CCN(C)C1.CCCCCCCCCCCCCCCCCCN1CCN(C)C1.O=S(=O)([O-])C(F)(F)C(F)F.O=S(=O)([O-])C(F)(F)C(F)F.[Cl-].[Cl-].[K+].[K+]. The summed E-state index contributed by atoms with van der Waals surface area (Å²) in [5.41, 5.74) is 0. The minimum absolute atomic E-state index is 0. The molecule has 0 amide bonds. The van der Waals surface area contributed by atoms with Crippen LogP contribution in [-0.4, -0.2) is 141 Å². The third-order valence-electron chi connectivity index (χ3n) is 12.3. The maximum Gasteiger partial charge on any atom is 1.00 e. The number of hydrogen-bond acceptors (Lipinski definition) is 11. The number of carbonyl (C=O) groups is 1. The molecule has 0 aromatic carbocycles. The van der Waals surface area contributed by atoms with Gasteiger partial charge in [-0.3, -0.25) is 19.6 Å². The van der Waals surface area contributed by atoms with E-state index in [1.54, 1.807) is 0 Å². The summed E-state index contributed by atoms with van der Waals surface area (Å²) in [7, 11) is -8.01. The van der Waals surface area contributed by atoms with E-state index in [9.17, 15) is 65.9 Å². The molecule has 0 N–H and O–H groups in total. The molecule has 0 unspecified atom stereocenters. The van der Waals surface area contributed by atoms with Gasteiger partial charge in [0.15, 0.2) is 20.2 Å². The minimum Gasteiger partial charge on any atom is -1.00 e. The summed E-state index contributed by atoms with van der Waals surface area (Å²) in [6.45, 7) is 17.8. The number of carbonyl (C=O) groups excluding carboxylic acids is 1. The number of nitrogens with zero attached hydrogens (tertiary/aromatic N) is 4. The number of Topliss-reactive ketones (excluding diaryl/α,β-unsaturated/α-hetero) is 1. The third-order valence-corrected chi connectivity index (χ3v) is 14.0. The predicted octanol–water partition coefficient (Wildman–Crippen LogP) is 2.30. The molecular weight excluding hydrogens is 1150 g/mol. The molecule has 0 radical (unpaired) electrons. The molecule has 11 nitrogen and oxygen atoms in total. The number of halogens is 10. The van der Waals surface area contributed by atoms with E-state index in [1.165, 1.54) is 272 Å². The van der Waals surface area contributed by atoms with E-state index in [0.717, 1.165) is 0 Å². The van der Waals surface area contributed by atoms with Crippen molar-refractivity contribution in [3.63, 3.8) is 0 Å². The van der Waals surface area contributed by atoms with Gasteiger partial charge < -0.3 is 38.7 Å². The average Bonchev–Trinajstić information content (AvgIpc) is 3.92. The van der Waals surface area contributed by atoms with Crippen molar-refractivity contribution in [2.45, 2.75) is 257 Å². The summed E-state index contributed by atoms with van der Waals surface area (Å²) < 4.78 is 145. The standard InChI is InChI=1S/2C22H46N2.C3H6O.2C2H2F4O3S.2ClH.2K/c2*1-3-4-5-6-7-8-9-10-11-12-13-14-15-16-17-18-19-24-21-20-23(2)22-24;1-3(2)4;2*3-1(4)2(5,6)10(7,8)9;;;;/h2*3-22H2,1-2H3;1-2H3;2*1H,(H,7,8,9);2*1H;;/q;;;;;;;2*+1/p-4.